The van der Waals surface area contributed by atoms with E-state index in [1.54, 1.807) is 12.1 Å². The highest BCUT2D eigenvalue weighted by Gasteiger charge is 2.47. The molecule has 0 saturated carbocycles. The van der Waals surface area contributed by atoms with Crippen LogP contribution in [0, 0.1) is 15.9 Å². The molecule has 0 spiro atoms. The summed E-state index contributed by atoms with van der Waals surface area (Å²) in [5.74, 6) is -3.16. The van der Waals surface area contributed by atoms with E-state index in [1.807, 2.05) is 20.8 Å². The fraction of sp³-hybridized carbons (Fsp3) is 0.214. The lowest BCUT2D eigenvalue weighted by atomic mass is 9.84. The third-order valence-electron chi connectivity index (χ3n) is 6.34. The van der Waals surface area contributed by atoms with Crippen molar-refractivity contribution >= 4 is 28.8 Å². The van der Waals surface area contributed by atoms with Crippen LogP contribution in [-0.2, 0) is 15.0 Å². The maximum absolute atomic E-state index is 13.6. The molecule has 9 nitrogen and oxygen atoms in total. The first-order valence-corrected chi connectivity index (χ1v) is 11.6. The molecule has 0 aromatic heterocycles. The van der Waals surface area contributed by atoms with Crippen molar-refractivity contribution in [3.63, 3.8) is 0 Å². The van der Waals surface area contributed by atoms with Crippen molar-refractivity contribution in [2.24, 2.45) is 0 Å². The molecular formula is C28H25FN2O7. The van der Waals surface area contributed by atoms with Crippen LogP contribution in [0.3, 0.4) is 0 Å². The molecule has 38 heavy (non-hydrogen) atoms. The molecule has 0 aliphatic carbocycles. The predicted molar refractivity (Wildman–Crippen MR) is 138 cm³/mol. The molecule has 1 fully saturated rings. The number of rotatable bonds is 5. The number of benzene rings is 3. The Labute approximate surface area is 217 Å². The topological polar surface area (TPSA) is 130 Å². The number of hydrogen-bond donors (Lipinski definition) is 2. The molecule has 3 aromatic carbocycles. The number of carbonyl (C=O) groups excluding carboxylic acids is 2. The van der Waals surface area contributed by atoms with Gasteiger partial charge in [0.2, 0.25) is 0 Å². The van der Waals surface area contributed by atoms with Crippen molar-refractivity contribution in [2.75, 3.05) is 12.0 Å². The zero-order valence-corrected chi connectivity index (χ0v) is 21.1. The zero-order chi connectivity index (χ0) is 27.9. The number of nitro groups is 1. The fourth-order valence-corrected chi connectivity index (χ4v) is 4.47. The number of aliphatic hydroxyl groups excluding tert-OH is 1. The van der Waals surface area contributed by atoms with Gasteiger partial charge in [-0.15, -0.1) is 0 Å². The molecule has 1 aliphatic heterocycles. The number of aliphatic hydroxyl groups is 1. The number of carbonyl (C=O) groups is 2. The number of ether oxygens (including phenoxy) is 1. The van der Waals surface area contributed by atoms with Gasteiger partial charge in [-0.05, 0) is 59.5 Å². The quantitative estimate of drug-likeness (QED) is 0.152. The summed E-state index contributed by atoms with van der Waals surface area (Å²) in [5, 5.41) is 32.9. The van der Waals surface area contributed by atoms with Crippen molar-refractivity contribution in [1.29, 1.82) is 0 Å². The average Bonchev–Trinajstić information content (AvgIpc) is 3.13. The van der Waals surface area contributed by atoms with Gasteiger partial charge in [0.05, 0.1) is 23.6 Å². The minimum atomic E-state index is -1.31. The molecule has 4 rings (SSSR count). The van der Waals surface area contributed by atoms with E-state index in [9.17, 15) is 34.3 Å². The van der Waals surface area contributed by atoms with Crippen LogP contribution >= 0.6 is 0 Å². The lowest BCUT2D eigenvalue weighted by Crippen LogP contribution is -2.29. The van der Waals surface area contributed by atoms with Crippen LogP contribution in [0.5, 0.6) is 11.5 Å². The Bertz CT molecular complexity index is 1490. The molecule has 3 aromatic rings. The van der Waals surface area contributed by atoms with Gasteiger partial charge >= 0.3 is 5.69 Å². The molecule has 1 saturated heterocycles. The number of methoxy groups -OCH3 is 1. The number of halogens is 1. The number of Topliss-reactive ketones (excluding diaryl/α,β-unsaturated/α-hetero) is 1. The highest BCUT2D eigenvalue weighted by molar-refractivity contribution is 6.51. The SMILES string of the molecule is COc1ccc(/C(O)=C2/C(=O)C(=O)N(c3ccc(F)cc3)C2c2ccc(O)c([N+](=O)[O-])c2)cc1C(C)(C)C. The molecule has 10 heteroatoms. The second-order valence-electron chi connectivity index (χ2n) is 9.82. The number of phenols is 1. The van der Waals surface area contributed by atoms with Gasteiger partial charge in [-0.1, -0.05) is 26.8 Å². The number of phenolic OH excluding ortho intramolecular Hbond substituents is 1. The Hall–Kier alpha value is -4.73. The first-order valence-electron chi connectivity index (χ1n) is 11.6. The number of hydrogen-bond acceptors (Lipinski definition) is 7. The monoisotopic (exact) mass is 520 g/mol. The minimum absolute atomic E-state index is 0.0872. The van der Waals surface area contributed by atoms with Gasteiger partial charge in [-0.3, -0.25) is 24.6 Å². The van der Waals surface area contributed by atoms with E-state index in [0.29, 0.717) is 5.75 Å². The van der Waals surface area contributed by atoms with Gasteiger partial charge in [-0.25, -0.2) is 4.39 Å². The number of nitro benzene ring substituents is 1. The summed E-state index contributed by atoms with van der Waals surface area (Å²) >= 11 is 0. The number of nitrogens with zero attached hydrogens (tertiary/aromatic N) is 2. The van der Waals surface area contributed by atoms with Crippen LogP contribution in [0.4, 0.5) is 15.8 Å². The molecule has 1 unspecified atom stereocenters. The summed E-state index contributed by atoms with van der Waals surface area (Å²) in [6.45, 7) is 5.83. The summed E-state index contributed by atoms with van der Waals surface area (Å²) in [5.41, 5.74) is -0.183. The molecule has 1 heterocycles. The van der Waals surface area contributed by atoms with E-state index < -0.39 is 51.1 Å². The molecule has 0 bridgehead atoms. The van der Waals surface area contributed by atoms with Gasteiger partial charge in [-0.2, -0.15) is 0 Å². The first-order chi connectivity index (χ1) is 17.8. The normalized spacial score (nSPS) is 17.1. The second-order valence-corrected chi connectivity index (χ2v) is 9.82. The van der Waals surface area contributed by atoms with Crippen LogP contribution < -0.4 is 9.64 Å². The summed E-state index contributed by atoms with van der Waals surface area (Å²) in [6.07, 6.45) is 0. The van der Waals surface area contributed by atoms with E-state index in [4.69, 9.17) is 4.74 Å². The van der Waals surface area contributed by atoms with Crippen molar-refractivity contribution in [2.45, 2.75) is 32.2 Å². The Morgan fingerprint density at radius 3 is 2.29 bits per heavy atom. The van der Waals surface area contributed by atoms with Crippen molar-refractivity contribution in [1.82, 2.24) is 0 Å². The number of ketones is 1. The molecule has 1 aliphatic rings. The largest absolute Gasteiger partial charge is 0.507 e. The van der Waals surface area contributed by atoms with Crippen LogP contribution in [0.25, 0.3) is 5.76 Å². The van der Waals surface area contributed by atoms with E-state index in [-0.39, 0.29) is 22.4 Å². The predicted octanol–water partition coefficient (Wildman–Crippen LogP) is 5.37. The summed E-state index contributed by atoms with van der Waals surface area (Å²) in [7, 11) is 1.51. The fourth-order valence-electron chi connectivity index (χ4n) is 4.47. The van der Waals surface area contributed by atoms with E-state index >= 15 is 0 Å². The van der Waals surface area contributed by atoms with Crippen LogP contribution in [-0.4, -0.2) is 33.9 Å². The molecule has 0 radical (unpaired) electrons. The number of amides is 1. The molecular weight excluding hydrogens is 495 g/mol. The maximum atomic E-state index is 13.6. The number of anilines is 1. The highest BCUT2D eigenvalue weighted by Crippen LogP contribution is 2.44. The summed E-state index contributed by atoms with van der Waals surface area (Å²) < 4.78 is 19.1. The van der Waals surface area contributed by atoms with Crippen LogP contribution in [0.15, 0.2) is 66.2 Å². The average molecular weight is 521 g/mol. The van der Waals surface area contributed by atoms with Crippen molar-refractivity contribution in [3.8, 4) is 11.5 Å². The van der Waals surface area contributed by atoms with Crippen molar-refractivity contribution < 1.29 is 33.9 Å². The molecule has 2 N–H and O–H groups in total. The Morgan fingerprint density at radius 1 is 1.05 bits per heavy atom. The highest BCUT2D eigenvalue weighted by atomic mass is 19.1. The Morgan fingerprint density at radius 2 is 1.71 bits per heavy atom. The smallest absolute Gasteiger partial charge is 0.311 e. The van der Waals surface area contributed by atoms with Gasteiger partial charge in [0.15, 0.2) is 5.75 Å². The van der Waals surface area contributed by atoms with Crippen LogP contribution in [0.1, 0.15) is 43.5 Å². The molecule has 196 valence electrons. The summed E-state index contributed by atoms with van der Waals surface area (Å²) in [6, 6.07) is 11.7. The lowest BCUT2D eigenvalue weighted by molar-refractivity contribution is -0.385. The van der Waals surface area contributed by atoms with Gasteiger partial charge in [0, 0.05) is 22.9 Å². The molecule has 1 atom stereocenters. The maximum Gasteiger partial charge on any atom is 0.311 e. The van der Waals surface area contributed by atoms with Gasteiger partial charge in [0.25, 0.3) is 11.7 Å². The van der Waals surface area contributed by atoms with E-state index in [1.165, 1.54) is 31.4 Å². The van der Waals surface area contributed by atoms with Gasteiger partial charge < -0.3 is 14.9 Å². The van der Waals surface area contributed by atoms with E-state index in [2.05, 4.69) is 0 Å². The van der Waals surface area contributed by atoms with E-state index in [0.717, 1.165) is 34.7 Å². The summed E-state index contributed by atoms with van der Waals surface area (Å²) in [4.78, 5) is 38.4. The van der Waals surface area contributed by atoms with Gasteiger partial charge in [0.1, 0.15) is 17.3 Å². The minimum Gasteiger partial charge on any atom is -0.507 e. The standard InChI is InChI=1S/C28H25FN2O7/c1-28(2,3)19-13-16(6-12-22(19)38-4)25(33)23-24(15-5-11-21(32)20(14-15)31(36)37)30(27(35)26(23)34)18-9-7-17(29)8-10-18/h5-14,24,32-33H,1-4H3/b25-23-. The number of aromatic hydroxyl groups is 1. The Balaban J connectivity index is 2.00. The lowest BCUT2D eigenvalue weighted by Gasteiger charge is -2.26. The molecule has 1 amide bonds. The van der Waals surface area contributed by atoms with Crippen molar-refractivity contribution in [3.05, 3.63) is 98.9 Å². The second kappa shape index (κ2) is 9.62. The Kier molecular flexibility index (Phi) is 6.67. The third kappa shape index (κ3) is 4.56. The van der Waals surface area contributed by atoms with Crippen LogP contribution in [0.2, 0.25) is 0 Å². The first kappa shape index (κ1) is 26.3. The zero-order valence-electron chi connectivity index (χ0n) is 21.1. The third-order valence-corrected chi connectivity index (χ3v) is 6.34.